The van der Waals surface area contributed by atoms with Gasteiger partial charge >= 0.3 is 5.97 Å². The number of hydrogen-bond acceptors (Lipinski definition) is 3. The lowest BCUT2D eigenvalue weighted by Gasteiger charge is -2.10. The van der Waals surface area contributed by atoms with Gasteiger partial charge in [0, 0.05) is 0 Å². The van der Waals surface area contributed by atoms with Gasteiger partial charge in [-0.15, -0.1) is 0 Å². The Labute approximate surface area is 60.4 Å². The number of hydrogen-bond donors (Lipinski definition) is 0. The van der Waals surface area contributed by atoms with Crippen LogP contribution in [-0.4, -0.2) is 19.4 Å². The molecule has 0 saturated carbocycles. The number of aldehydes is 1. The molecule has 0 aliphatic rings. The second-order valence-electron chi connectivity index (χ2n) is 2.43. The van der Waals surface area contributed by atoms with E-state index in [1.54, 1.807) is 13.8 Å². The lowest BCUT2D eigenvalue weighted by Crippen LogP contribution is -2.22. The zero-order chi connectivity index (χ0) is 8.15. The maximum absolute atomic E-state index is 10.7. The lowest BCUT2D eigenvalue weighted by molar-refractivity contribution is -0.148. The zero-order valence-corrected chi connectivity index (χ0v) is 6.46. The van der Waals surface area contributed by atoms with E-state index in [1.165, 1.54) is 7.11 Å². The van der Waals surface area contributed by atoms with E-state index in [4.69, 9.17) is 0 Å². The lowest BCUT2D eigenvalue weighted by atomic mass is 9.98. The third kappa shape index (κ3) is 2.17. The highest BCUT2D eigenvalue weighted by Gasteiger charge is 2.21. The van der Waals surface area contributed by atoms with Crippen LogP contribution in [0.2, 0.25) is 0 Å². The van der Waals surface area contributed by atoms with Gasteiger partial charge in [0.05, 0.1) is 7.11 Å². The molecule has 0 aliphatic heterocycles. The van der Waals surface area contributed by atoms with Gasteiger partial charge in [0.15, 0.2) is 0 Å². The molecule has 0 N–H and O–H groups in total. The van der Waals surface area contributed by atoms with Crippen molar-refractivity contribution in [3.05, 3.63) is 0 Å². The quantitative estimate of drug-likeness (QED) is 0.331. The van der Waals surface area contributed by atoms with Crippen LogP contribution in [0.4, 0.5) is 0 Å². The molecule has 0 aromatic heterocycles. The van der Waals surface area contributed by atoms with Crippen LogP contribution in [-0.2, 0) is 14.3 Å². The van der Waals surface area contributed by atoms with Crippen LogP contribution in [0, 0.1) is 11.8 Å². The van der Waals surface area contributed by atoms with Crippen molar-refractivity contribution in [2.75, 3.05) is 7.11 Å². The molecule has 0 aliphatic carbocycles. The summed E-state index contributed by atoms with van der Waals surface area (Å²) in [5.74, 6) is -1.04. The maximum Gasteiger partial charge on any atom is 0.316 e. The van der Waals surface area contributed by atoms with Gasteiger partial charge in [-0.1, -0.05) is 13.8 Å². The molecule has 0 saturated heterocycles. The maximum atomic E-state index is 10.7. The first-order valence-electron chi connectivity index (χ1n) is 3.16. The van der Waals surface area contributed by atoms with Crippen molar-refractivity contribution < 1.29 is 14.3 Å². The van der Waals surface area contributed by atoms with E-state index in [2.05, 4.69) is 4.74 Å². The van der Waals surface area contributed by atoms with E-state index >= 15 is 0 Å². The van der Waals surface area contributed by atoms with E-state index < -0.39 is 11.9 Å². The van der Waals surface area contributed by atoms with Gasteiger partial charge in [0.25, 0.3) is 0 Å². The second kappa shape index (κ2) is 4.04. The number of rotatable bonds is 3. The Hall–Kier alpha value is -0.860. The summed E-state index contributed by atoms with van der Waals surface area (Å²) < 4.78 is 4.39. The first kappa shape index (κ1) is 9.14. The Bertz CT molecular complexity index is 129. The Balaban J connectivity index is 4.06. The van der Waals surface area contributed by atoms with Gasteiger partial charge in [-0.2, -0.15) is 0 Å². The summed E-state index contributed by atoms with van der Waals surface area (Å²) in [6, 6.07) is 0. The van der Waals surface area contributed by atoms with Gasteiger partial charge in [-0.05, 0) is 5.92 Å². The summed E-state index contributed by atoms with van der Waals surface area (Å²) in [7, 11) is 1.28. The van der Waals surface area contributed by atoms with Gasteiger partial charge in [-0.3, -0.25) is 4.79 Å². The van der Waals surface area contributed by atoms with Crippen molar-refractivity contribution in [2.24, 2.45) is 11.8 Å². The van der Waals surface area contributed by atoms with Crippen molar-refractivity contribution in [1.82, 2.24) is 0 Å². The predicted molar refractivity (Wildman–Crippen MR) is 36.4 cm³/mol. The smallest absolute Gasteiger partial charge is 0.316 e. The average molecular weight is 144 g/mol. The van der Waals surface area contributed by atoms with E-state index in [-0.39, 0.29) is 5.92 Å². The highest BCUT2D eigenvalue weighted by Crippen LogP contribution is 2.08. The highest BCUT2D eigenvalue weighted by molar-refractivity contribution is 5.87. The molecule has 0 bridgehead atoms. The molecule has 1 atom stereocenters. The van der Waals surface area contributed by atoms with E-state index in [0.717, 1.165) is 0 Å². The Morgan fingerprint density at radius 2 is 2.00 bits per heavy atom. The molecule has 0 radical (unpaired) electrons. The molecular weight excluding hydrogens is 132 g/mol. The summed E-state index contributed by atoms with van der Waals surface area (Å²) in [5.41, 5.74) is 0. The number of ether oxygens (including phenoxy) is 1. The molecular formula is C7H12O3. The van der Waals surface area contributed by atoms with Gasteiger partial charge in [-0.25, -0.2) is 0 Å². The predicted octanol–water partition coefficient (Wildman–Crippen LogP) is 0.630. The fraction of sp³-hybridized carbons (Fsp3) is 0.714. The number of carbonyl (C=O) groups excluding carboxylic acids is 2. The van der Waals surface area contributed by atoms with Gasteiger partial charge < -0.3 is 9.53 Å². The zero-order valence-electron chi connectivity index (χ0n) is 6.46. The number of methoxy groups -OCH3 is 1. The molecule has 3 heteroatoms. The van der Waals surface area contributed by atoms with Crippen LogP contribution in [0.25, 0.3) is 0 Å². The number of esters is 1. The molecule has 1 unspecified atom stereocenters. The van der Waals surface area contributed by atoms with Crippen molar-refractivity contribution in [2.45, 2.75) is 13.8 Å². The summed E-state index contributed by atoms with van der Waals surface area (Å²) in [6.07, 6.45) is 0.622. The molecule has 0 fully saturated rings. The second-order valence-corrected chi connectivity index (χ2v) is 2.43. The molecule has 10 heavy (non-hydrogen) atoms. The Kier molecular flexibility index (Phi) is 3.69. The Morgan fingerprint density at radius 3 is 2.10 bits per heavy atom. The van der Waals surface area contributed by atoms with Crippen LogP contribution < -0.4 is 0 Å². The van der Waals surface area contributed by atoms with Crippen LogP contribution in [0.15, 0.2) is 0 Å². The molecule has 0 aromatic rings. The summed E-state index contributed by atoms with van der Waals surface area (Å²) in [6.45, 7) is 3.60. The SMILES string of the molecule is COC(=O)C(C=O)C(C)C. The van der Waals surface area contributed by atoms with Crippen LogP contribution in [0.1, 0.15) is 13.8 Å². The van der Waals surface area contributed by atoms with Crippen LogP contribution in [0.3, 0.4) is 0 Å². The normalized spacial score (nSPS) is 12.8. The van der Waals surface area contributed by atoms with E-state index in [9.17, 15) is 9.59 Å². The van der Waals surface area contributed by atoms with Crippen molar-refractivity contribution >= 4 is 12.3 Å². The Morgan fingerprint density at radius 1 is 1.50 bits per heavy atom. The van der Waals surface area contributed by atoms with E-state index in [1.807, 2.05) is 0 Å². The third-order valence-electron chi connectivity index (χ3n) is 1.34. The fourth-order valence-electron chi connectivity index (χ4n) is 0.621. The van der Waals surface area contributed by atoms with E-state index in [0.29, 0.717) is 6.29 Å². The monoisotopic (exact) mass is 144 g/mol. The van der Waals surface area contributed by atoms with Crippen molar-refractivity contribution in [1.29, 1.82) is 0 Å². The minimum atomic E-state index is -0.606. The van der Waals surface area contributed by atoms with Crippen LogP contribution >= 0.6 is 0 Å². The fourth-order valence-corrected chi connectivity index (χ4v) is 0.621. The number of carbonyl (C=O) groups is 2. The molecule has 0 spiro atoms. The minimum Gasteiger partial charge on any atom is -0.468 e. The first-order valence-corrected chi connectivity index (χ1v) is 3.16. The summed E-state index contributed by atoms with van der Waals surface area (Å²) in [5, 5.41) is 0. The average Bonchev–Trinajstić information content (AvgIpc) is 1.88. The first-order chi connectivity index (χ1) is 4.63. The summed E-state index contributed by atoms with van der Waals surface area (Å²) >= 11 is 0. The largest absolute Gasteiger partial charge is 0.468 e. The van der Waals surface area contributed by atoms with Gasteiger partial charge in [0.1, 0.15) is 12.2 Å². The van der Waals surface area contributed by atoms with Crippen LogP contribution in [0.5, 0.6) is 0 Å². The standard InChI is InChI=1S/C7H12O3/c1-5(2)6(4-8)7(9)10-3/h4-6H,1-3H3. The summed E-state index contributed by atoms with van der Waals surface area (Å²) in [4.78, 5) is 21.0. The third-order valence-corrected chi connectivity index (χ3v) is 1.34. The molecule has 0 heterocycles. The molecule has 0 amide bonds. The molecule has 0 aromatic carbocycles. The molecule has 58 valence electrons. The van der Waals surface area contributed by atoms with Crippen molar-refractivity contribution in [3.8, 4) is 0 Å². The molecule has 3 nitrogen and oxygen atoms in total. The van der Waals surface area contributed by atoms with Gasteiger partial charge in [0.2, 0.25) is 0 Å². The van der Waals surface area contributed by atoms with Crippen molar-refractivity contribution in [3.63, 3.8) is 0 Å². The minimum absolute atomic E-state index is 0.0185. The topological polar surface area (TPSA) is 43.4 Å². The molecule has 0 rings (SSSR count). The highest BCUT2D eigenvalue weighted by atomic mass is 16.5.